The first-order chi connectivity index (χ1) is 9.32. The van der Waals surface area contributed by atoms with E-state index in [0.29, 0.717) is 0 Å². The molecule has 0 saturated carbocycles. The molecule has 1 amide bonds. The number of alkyl halides is 3. The summed E-state index contributed by atoms with van der Waals surface area (Å²) in [5.74, 6) is -0.703. The van der Waals surface area contributed by atoms with Gasteiger partial charge in [0.2, 0.25) is 0 Å². The van der Waals surface area contributed by atoms with Gasteiger partial charge in [-0.15, -0.1) is 0 Å². The standard InChI is InChI=1S/C12H11F3N4O/c13-12(14,15)10-3-9(2-1-7(10)4-16)19-6-8(5-18-19)11(17)20/h1-3,5-6H,4,16H2,(H2,17,20). The highest BCUT2D eigenvalue weighted by atomic mass is 19.4. The Bertz CT molecular complexity index is 648. The lowest BCUT2D eigenvalue weighted by molar-refractivity contribution is -0.138. The minimum Gasteiger partial charge on any atom is -0.366 e. The van der Waals surface area contributed by atoms with Gasteiger partial charge in [-0.05, 0) is 17.7 Å². The van der Waals surface area contributed by atoms with Crippen molar-refractivity contribution >= 4 is 5.91 Å². The molecule has 0 aliphatic carbocycles. The summed E-state index contributed by atoms with van der Waals surface area (Å²) in [6, 6.07) is 3.65. The average molecular weight is 284 g/mol. The second kappa shape index (κ2) is 4.97. The third-order valence-electron chi connectivity index (χ3n) is 2.75. The summed E-state index contributed by atoms with van der Waals surface area (Å²) in [6.45, 7) is -0.221. The molecule has 0 fully saturated rings. The van der Waals surface area contributed by atoms with Crippen LogP contribution >= 0.6 is 0 Å². The quantitative estimate of drug-likeness (QED) is 0.894. The van der Waals surface area contributed by atoms with Gasteiger partial charge in [-0.3, -0.25) is 4.79 Å². The number of carbonyl (C=O) groups excluding carboxylic acids is 1. The van der Waals surface area contributed by atoms with Gasteiger partial charge in [0.25, 0.3) is 5.91 Å². The zero-order chi connectivity index (χ0) is 14.9. The monoisotopic (exact) mass is 284 g/mol. The maximum Gasteiger partial charge on any atom is 0.416 e. The number of aromatic nitrogens is 2. The fraction of sp³-hybridized carbons (Fsp3) is 0.167. The van der Waals surface area contributed by atoms with Crippen molar-refractivity contribution in [3.8, 4) is 5.69 Å². The van der Waals surface area contributed by atoms with Gasteiger partial charge >= 0.3 is 6.18 Å². The lowest BCUT2D eigenvalue weighted by Gasteiger charge is -2.13. The number of nitrogens with zero attached hydrogens (tertiary/aromatic N) is 2. The Morgan fingerprint density at radius 1 is 1.35 bits per heavy atom. The van der Waals surface area contributed by atoms with Crippen LogP contribution in [0.3, 0.4) is 0 Å². The van der Waals surface area contributed by atoms with Crippen LogP contribution in [0.25, 0.3) is 5.69 Å². The molecule has 0 aliphatic rings. The molecule has 2 aromatic rings. The van der Waals surface area contributed by atoms with Gasteiger partial charge < -0.3 is 11.5 Å². The predicted molar refractivity (Wildman–Crippen MR) is 65.0 cm³/mol. The lowest BCUT2D eigenvalue weighted by Crippen LogP contribution is -2.13. The number of hydrogen-bond acceptors (Lipinski definition) is 3. The molecule has 0 radical (unpaired) electrons. The number of hydrogen-bond donors (Lipinski definition) is 2. The van der Waals surface area contributed by atoms with Crippen LogP contribution in [-0.2, 0) is 12.7 Å². The van der Waals surface area contributed by atoms with Crippen LogP contribution in [-0.4, -0.2) is 15.7 Å². The number of benzene rings is 1. The Morgan fingerprint density at radius 2 is 2.05 bits per heavy atom. The van der Waals surface area contributed by atoms with E-state index < -0.39 is 17.6 Å². The van der Waals surface area contributed by atoms with E-state index in [-0.39, 0.29) is 23.4 Å². The highest BCUT2D eigenvalue weighted by molar-refractivity contribution is 5.92. The number of nitrogens with two attached hydrogens (primary N) is 2. The van der Waals surface area contributed by atoms with E-state index in [9.17, 15) is 18.0 Å². The summed E-state index contributed by atoms with van der Waals surface area (Å²) in [5, 5.41) is 3.80. The Morgan fingerprint density at radius 3 is 2.55 bits per heavy atom. The van der Waals surface area contributed by atoms with E-state index in [1.807, 2.05) is 0 Å². The first kappa shape index (κ1) is 14.1. The van der Waals surface area contributed by atoms with Gasteiger partial charge in [0.05, 0.1) is 23.0 Å². The molecule has 1 aromatic carbocycles. The zero-order valence-corrected chi connectivity index (χ0v) is 10.2. The molecule has 4 N–H and O–H groups in total. The van der Waals surface area contributed by atoms with Crippen molar-refractivity contribution in [3.63, 3.8) is 0 Å². The third kappa shape index (κ3) is 2.64. The Labute approximate surface area is 112 Å². The second-order valence-corrected chi connectivity index (χ2v) is 4.08. The van der Waals surface area contributed by atoms with Crippen molar-refractivity contribution in [2.24, 2.45) is 11.5 Å². The average Bonchev–Trinajstić information content (AvgIpc) is 2.86. The normalized spacial score (nSPS) is 11.6. The largest absolute Gasteiger partial charge is 0.416 e. The van der Waals surface area contributed by atoms with Crippen LogP contribution < -0.4 is 11.5 Å². The van der Waals surface area contributed by atoms with E-state index in [0.717, 1.165) is 10.7 Å². The molecular weight excluding hydrogens is 273 g/mol. The second-order valence-electron chi connectivity index (χ2n) is 4.08. The minimum atomic E-state index is -4.51. The molecule has 5 nitrogen and oxygen atoms in total. The Balaban J connectivity index is 2.50. The topological polar surface area (TPSA) is 86.9 Å². The molecule has 8 heteroatoms. The Hall–Kier alpha value is -2.35. The molecule has 0 spiro atoms. The highest BCUT2D eigenvalue weighted by Crippen LogP contribution is 2.33. The summed E-state index contributed by atoms with van der Waals surface area (Å²) in [5.41, 5.74) is 9.80. The summed E-state index contributed by atoms with van der Waals surface area (Å²) < 4.78 is 39.9. The first-order valence-electron chi connectivity index (χ1n) is 5.58. The lowest BCUT2D eigenvalue weighted by atomic mass is 10.1. The SMILES string of the molecule is NCc1ccc(-n2cc(C(N)=O)cn2)cc1C(F)(F)F. The van der Waals surface area contributed by atoms with Crippen molar-refractivity contribution in [3.05, 3.63) is 47.3 Å². The van der Waals surface area contributed by atoms with Crippen LogP contribution in [0.15, 0.2) is 30.6 Å². The fourth-order valence-electron chi connectivity index (χ4n) is 1.74. The smallest absolute Gasteiger partial charge is 0.366 e. The minimum absolute atomic E-state index is 0.0106. The van der Waals surface area contributed by atoms with E-state index in [1.54, 1.807) is 0 Å². The van der Waals surface area contributed by atoms with Gasteiger partial charge in [0.15, 0.2) is 0 Å². The molecule has 2 rings (SSSR count). The first-order valence-corrected chi connectivity index (χ1v) is 5.58. The number of primary amides is 1. The predicted octanol–water partition coefficient (Wildman–Crippen LogP) is 1.45. The van der Waals surface area contributed by atoms with Gasteiger partial charge in [0, 0.05) is 12.7 Å². The van der Waals surface area contributed by atoms with Crippen molar-refractivity contribution < 1.29 is 18.0 Å². The van der Waals surface area contributed by atoms with Crippen molar-refractivity contribution in [1.29, 1.82) is 0 Å². The van der Waals surface area contributed by atoms with E-state index in [4.69, 9.17) is 11.5 Å². The van der Waals surface area contributed by atoms with E-state index in [1.165, 1.54) is 24.5 Å². The molecule has 1 heterocycles. The molecule has 0 atom stereocenters. The number of rotatable bonds is 3. The summed E-state index contributed by atoms with van der Waals surface area (Å²) in [7, 11) is 0. The van der Waals surface area contributed by atoms with Gasteiger partial charge in [-0.1, -0.05) is 6.07 Å². The molecule has 0 unspecified atom stereocenters. The molecule has 1 aromatic heterocycles. The van der Waals surface area contributed by atoms with E-state index >= 15 is 0 Å². The van der Waals surface area contributed by atoms with Gasteiger partial charge in [-0.2, -0.15) is 18.3 Å². The molecule has 0 bridgehead atoms. The zero-order valence-electron chi connectivity index (χ0n) is 10.2. The van der Waals surface area contributed by atoms with Crippen LogP contribution in [0.2, 0.25) is 0 Å². The summed E-state index contributed by atoms with van der Waals surface area (Å²) >= 11 is 0. The van der Waals surface area contributed by atoms with Crippen LogP contribution in [0.4, 0.5) is 13.2 Å². The number of halogens is 3. The van der Waals surface area contributed by atoms with Crippen LogP contribution in [0.1, 0.15) is 21.5 Å². The number of carbonyl (C=O) groups is 1. The summed E-state index contributed by atoms with van der Waals surface area (Å²) in [4.78, 5) is 10.9. The van der Waals surface area contributed by atoms with Gasteiger partial charge in [-0.25, -0.2) is 4.68 Å². The Kier molecular flexibility index (Phi) is 3.49. The highest BCUT2D eigenvalue weighted by Gasteiger charge is 2.33. The molecule has 20 heavy (non-hydrogen) atoms. The van der Waals surface area contributed by atoms with Crippen molar-refractivity contribution in [2.75, 3.05) is 0 Å². The molecule has 0 saturated heterocycles. The maximum absolute atomic E-state index is 12.9. The molecular formula is C12H11F3N4O. The molecule has 106 valence electrons. The van der Waals surface area contributed by atoms with Crippen LogP contribution in [0.5, 0.6) is 0 Å². The van der Waals surface area contributed by atoms with Gasteiger partial charge in [0.1, 0.15) is 0 Å². The fourth-order valence-corrected chi connectivity index (χ4v) is 1.74. The summed E-state index contributed by atoms with van der Waals surface area (Å²) in [6.07, 6.45) is -2.06. The van der Waals surface area contributed by atoms with Crippen LogP contribution in [0, 0.1) is 0 Å². The van der Waals surface area contributed by atoms with Crippen molar-refractivity contribution in [2.45, 2.75) is 12.7 Å². The number of amides is 1. The maximum atomic E-state index is 12.9. The third-order valence-corrected chi connectivity index (χ3v) is 2.75. The molecule has 0 aliphatic heterocycles. The van der Waals surface area contributed by atoms with Crippen molar-refractivity contribution in [1.82, 2.24) is 9.78 Å². The van der Waals surface area contributed by atoms with E-state index in [2.05, 4.69) is 5.10 Å².